The maximum Gasteiger partial charge on any atom is 0.188 e. The lowest BCUT2D eigenvalue weighted by Gasteiger charge is -2.18. The van der Waals surface area contributed by atoms with E-state index in [4.69, 9.17) is 52.5 Å². The number of carbonyl (C=O) groups excluding carboxylic acids is 5. The van der Waals surface area contributed by atoms with Gasteiger partial charge in [-0.1, -0.05) is 50.2 Å². The molecule has 6 heterocycles. The van der Waals surface area contributed by atoms with Gasteiger partial charge >= 0.3 is 0 Å². The first kappa shape index (κ1) is 82.3. The van der Waals surface area contributed by atoms with E-state index in [0.29, 0.717) is 117 Å². The molecule has 111 heavy (non-hydrogen) atoms. The summed E-state index contributed by atoms with van der Waals surface area (Å²) in [5.41, 5.74) is 5.15. The highest BCUT2D eigenvalue weighted by Gasteiger charge is 2.27. The van der Waals surface area contributed by atoms with Crippen LogP contribution < -0.4 is 37.9 Å². The number of aliphatic hydroxyl groups excluding tert-OH is 2. The van der Waals surface area contributed by atoms with Crippen LogP contribution in [0.3, 0.4) is 0 Å². The number of benzene rings is 6. The predicted molar refractivity (Wildman–Crippen MR) is 419 cm³/mol. The fourth-order valence-electron chi connectivity index (χ4n) is 11.9. The van der Waals surface area contributed by atoms with Crippen molar-refractivity contribution >= 4 is 93.2 Å². The molecule has 3 N–H and O–H groups in total. The second kappa shape index (κ2) is 40.0. The normalized spacial score (nSPS) is 11.3. The molecule has 0 fully saturated rings. The molecule has 0 aliphatic carbocycles. The summed E-state index contributed by atoms with van der Waals surface area (Å²) in [6, 6.07) is 34.2. The fraction of sp³-hybridized carbons (Fsp3) is 0.262. The van der Waals surface area contributed by atoms with E-state index in [-0.39, 0.29) is 134 Å². The SMILES string of the molecule is CCCOc1ccc(C(=O)CCC(=O)c2nccc(-c3csc4c(F)cccc34)c2OCOC)cc1OC.CCCOc1ccc(C(=O)CCC(O)c2nccc(-c3csc4c(F)cccc34)c2OCOC)cc1OC.COc1cc(C(=O)CCC(=O)c2nccc(-c3csc4c(F)cccc34)c2O)ccc1OCCO. The zero-order valence-corrected chi connectivity index (χ0v) is 64.2. The second-order valence-corrected chi connectivity index (χ2v) is 27.2. The minimum atomic E-state index is -1.08. The van der Waals surface area contributed by atoms with E-state index in [1.165, 1.54) is 106 Å². The van der Waals surface area contributed by atoms with Gasteiger partial charge in [-0.15, -0.1) is 34.0 Å². The average Bonchev–Trinajstić information content (AvgIpc) is 1.67. The number of hydrogen-bond donors (Lipinski definition) is 3. The van der Waals surface area contributed by atoms with Crippen molar-refractivity contribution < 1.29 is 99.8 Å². The third kappa shape index (κ3) is 19.9. The summed E-state index contributed by atoms with van der Waals surface area (Å²) in [7, 11) is 7.44. The predicted octanol–water partition coefficient (Wildman–Crippen LogP) is 18.3. The van der Waals surface area contributed by atoms with E-state index < -0.39 is 11.9 Å². The Bertz CT molecular complexity index is 5280. The van der Waals surface area contributed by atoms with Gasteiger partial charge in [-0.05, 0) is 110 Å². The van der Waals surface area contributed by atoms with Gasteiger partial charge in [-0.2, -0.15) is 0 Å². The van der Waals surface area contributed by atoms with Crippen LogP contribution in [-0.4, -0.2) is 135 Å². The maximum absolute atomic E-state index is 14.3. The number of aromatic nitrogens is 3. The number of pyridine rings is 3. The van der Waals surface area contributed by atoms with Crippen molar-refractivity contribution in [2.45, 2.75) is 71.3 Å². The van der Waals surface area contributed by atoms with Gasteiger partial charge in [0.05, 0.1) is 55.2 Å². The van der Waals surface area contributed by atoms with Crippen LogP contribution in [0.1, 0.15) is 129 Å². The number of ether oxygens (including phenoxy) is 10. The molecule has 1 atom stereocenters. The molecular formula is C84H80F3N3O18S3. The summed E-state index contributed by atoms with van der Waals surface area (Å²) in [6.45, 7) is 4.84. The summed E-state index contributed by atoms with van der Waals surface area (Å²) in [4.78, 5) is 77.3. The Labute approximate surface area is 649 Å². The third-order valence-electron chi connectivity index (χ3n) is 17.3. The van der Waals surface area contributed by atoms with Gasteiger partial charge < -0.3 is 62.7 Å². The smallest absolute Gasteiger partial charge is 0.188 e. The topological polar surface area (TPSA) is 277 Å². The highest BCUT2D eigenvalue weighted by atomic mass is 32.1. The van der Waals surface area contributed by atoms with Gasteiger partial charge in [0.2, 0.25) is 0 Å². The number of nitrogens with zero attached hydrogens (tertiary/aromatic N) is 3. The molecule has 27 heteroatoms. The van der Waals surface area contributed by atoms with Crippen LogP contribution in [-0.2, 0) is 9.47 Å². The molecule has 0 aliphatic rings. The molecule has 21 nitrogen and oxygen atoms in total. The molecule has 0 bridgehead atoms. The van der Waals surface area contributed by atoms with Crippen molar-refractivity contribution in [1.82, 2.24) is 15.0 Å². The Kier molecular flexibility index (Phi) is 29.6. The molecular weight excluding hydrogens is 1490 g/mol. The first-order chi connectivity index (χ1) is 53.9. The molecule has 0 amide bonds. The maximum atomic E-state index is 14.3. The van der Waals surface area contributed by atoms with Gasteiger partial charge in [0.15, 0.2) is 94.2 Å². The zero-order chi connectivity index (χ0) is 79.1. The fourth-order valence-corrected chi connectivity index (χ4v) is 14.8. The zero-order valence-electron chi connectivity index (χ0n) is 61.7. The lowest BCUT2D eigenvalue weighted by Crippen LogP contribution is -2.11. The van der Waals surface area contributed by atoms with Gasteiger partial charge in [0.25, 0.3) is 0 Å². The molecule has 6 aromatic heterocycles. The minimum Gasteiger partial charge on any atom is -0.505 e. The van der Waals surface area contributed by atoms with Crippen LogP contribution in [0.2, 0.25) is 0 Å². The molecule has 12 aromatic rings. The second-order valence-electron chi connectivity index (χ2n) is 24.6. The van der Waals surface area contributed by atoms with Crippen LogP contribution in [0.15, 0.2) is 162 Å². The van der Waals surface area contributed by atoms with Crippen molar-refractivity contribution in [2.24, 2.45) is 0 Å². The van der Waals surface area contributed by atoms with Crippen LogP contribution in [0.5, 0.6) is 51.7 Å². The number of ketones is 5. The van der Waals surface area contributed by atoms with Crippen molar-refractivity contribution in [2.75, 3.05) is 75.6 Å². The lowest BCUT2D eigenvalue weighted by molar-refractivity contribution is 0.0472. The average molecular weight is 1570 g/mol. The number of Topliss-reactive ketones (excluding diaryl/α,β-unsaturated/α-hetero) is 5. The van der Waals surface area contributed by atoms with Gasteiger partial charge in [0, 0.05) is 147 Å². The molecule has 6 aromatic carbocycles. The molecule has 0 spiro atoms. The molecule has 0 saturated carbocycles. The summed E-state index contributed by atoms with van der Waals surface area (Å²) in [5, 5.41) is 38.3. The van der Waals surface area contributed by atoms with E-state index in [9.17, 15) is 47.4 Å². The molecule has 0 aliphatic heterocycles. The number of carbonyl (C=O) groups is 5. The van der Waals surface area contributed by atoms with Crippen LogP contribution in [0, 0.1) is 17.5 Å². The monoisotopic (exact) mass is 1570 g/mol. The van der Waals surface area contributed by atoms with Crippen LogP contribution in [0.25, 0.3) is 63.6 Å². The van der Waals surface area contributed by atoms with E-state index in [2.05, 4.69) is 15.0 Å². The Morgan fingerprint density at radius 3 is 1.23 bits per heavy atom. The quantitative estimate of drug-likeness (QED) is 0.0243. The molecule has 578 valence electrons. The van der Waals surface area contributed by atoms with Crippen LogP contribution >= 0.6 is 34.0 Å². The van der Waals surface area contributed by atoms with Crippen molar-refractivity contribution in [3.05, 3.63) is 213 Å². The summed E-state index contributed by atoms with van der Waals surface area (Å²) in [5.74, 6) is 0.585. The van der Waals surface area contributed by atoms with E-state index in [0.717, 1.165) is 29.4 Å². The number of thiophene rings is 3. The Morgan fingerprint density at radius 2 is 0.802 bits per heavy atom. The summed E-state index contributed by atoms with van der Waals surface area (Å²) in [6.07, 6.45) is 4.92. The Morgan fingerprint density at radius 1 is 0.423 bits per heavy atom. The van der Waals surface area contributed by atoms with E-state index in [1.54, 1.807) is 103 Å². The van der Waals surface area contributed by atoms with Crippen LogP contribution in [0.4, 0.5) is 13.2 Å². The van der Waals surface area contributed by atoms with Gasteiger partial charge in [-0.3, -0.25) is 29.0 Å². The number of fused-ring (bicyclic) bond motifs is 3. The Hall–Kier alpha value is -11.2. The standard InChI is InChI=1S/C29H30FNO6S.C29H28FNO6S.C26H22FNO6S/c2*1-4-14-36-25-11-8-18(15-26(25)35-3)23(32)9-10-24(33)27-28(37-17-34-2)19(12-13-31-27)21-16-38-29-20(21)6-5-7-22(29)30;1-33-23-13-15(5-8-22(23)34-12-11-29)20(30)6-7-21(31)24-25(32)16(9-10-28-24)18-14-35-26-17(18)3-2-4-19(26)27/h5-8,11-13,15-16,24,33H,4,9-10,14,17H2,1-3H3;5-8,11-13,15-16H,4,9-10,14,17H2,1-3H3;2-5,8-10,13-14,29,32H,6-7,11-12H2,1H3. The van der Waals surface area contributed by atoms with Gasteiger partial charge in [-0.25, -0.2) is 23.1 Å². The summed E-state index contributed by atoms with van der Waals surface area (Å²) >= 11 is 3.78. The highest BCUT2D eigenvalue weighted by Crippen LogP contribution is 2.45. The highest BCUT2D eigenvalue weighted by molar-refractivity contribution is 7.18. The minimum absolute atomic E-state index is 0.0284. The number of methoxy groups -OCH3 is 5. The first-order valence-electron chi connectivity index (χ1n) is 35.2. The van der Waals surface area contributed by atoms with E-state index in [1.807, 2.05) is 36.7 Å². The molecule has 1 unspecified atom stereocenters. The molecule has 12 rings (SSSR count). The number of aromatic hydroxyl groups is 1. The van der Waals surface area contributed by atoms with Crippen molar-refractivity contribution in [1.29, 1.82) is 0 Å². The molecule has 0 radical (unpaired) electrons. The van der Waals surface area contributed by atoms with Crippen molar-refractivity contribution in [3.8, 4) is 85.1 Å². The van der Waals surface area contributed by atoms with Crippen molar-refractivity contribution in [3.63, 3.8) is 0 Å². The number of rotatable bonds is 36. The third-order valence-corrected chi connectivity index (χ3v) is 20.3. The Balaban J connectivity index is 0.000000177. The largest absolute Gasteiger partial charge is 0.505 e. The van der Waals surface area contributed by atoms with E-state index >= 15 is 0 Å². The number of halogens is 3. The summed E-state index contributed by atoms with van der Waals surface area (Å²) < 4.78 is 98.7. The van der Waals surface area contributed by atoms with Gasteiger partial charge in [0.1, 0.15) is 47.2 Å². The first-order valence-corrected chi connectivity index (χ1v) is 37.8. The number of aliphatic hydroxyl groups is 2. The lowest BCUT2D eigenvalue weighted by atomic mass is 9.99. The number of hydrogen-bond acceptors (Lipinski definition) is 24. The molecule has 0 saturated heterocycles.